The van der Waals surface area contributed by atoms with E-state index in [4.69, 9.17) is 4.74 Å². The standard InChI is InChI=1S/C17H23NO3S/c1-16(2,3)14-18(12-19)17(11-22-14,15(20)21-4)10-13-8-6-5-7-9-13/h5-9,12,14H,10-11H2,1-4H3/t14-,17+/m1/s1. The van der Waals surface area contributed by atoms with Crippen molar-refractivity contribution in [1.29, 1.82) is 0 Å². The molecule has 2 atom stereocenters. The molecular weight excluding hydrogens is 298 g/mol. The molecule has 22 heavy (non-hydrogen) atoms. The van der Waals surface area contributed by atoms with E-state index in [2.05, 4.69) is 20.8 Å². The van der Waals surface area contributed by atoms with Gasteiger partial charge in [-0.15, -0.1) is 11.8 Å². The van der Waals surface area contributed by atoms with Crippen LogP contribution in [0.4, 0.5) is 0 Å². The van der Waals surface area contributed by atoms with E-state index in [1.807, 2.05) is 30.3 Å². The SMILES string of the molecule is COC(=O)[C@]1(Cc2ccccc2)CS[C@H](C(C)(C)C)N1C=O. The van der Waals surface area contributed by atoms with Crippen LogP contribution in [-0.4, -0.2) is 41.1 Å². The molecule has 0 N–H and O–H groups in total. The maximum Gasteiger partial charge on any atom is 0.333 e. The topological polar surface area (TPSA) is 46.6 Å². The van der Waals surface area contributed by atoms with Gasteiger partial charge >= 0.3 is 5.97 Å². The third kappa shape index (κ3) is 3.00. The fraction of sp³-hybridized carbons (Fsp3) is 0.529. The van der Waals surface area contributed by atoms with Crippen molar-refractivity contribution in [1.82, 2.24) is 4.90 Å². The van der Waals surface area contributed by atoms with E-state index in [-0.39, 0.29) is 16.8 Å². The van der Waals surface area contributed by atoms with Crippen molar-refractivity contribution < 1.29 is 14.3 Å². The molecule has 0 radical (unpaired) electrons. The first-order valence-electron chi connectivity index (χ1n) is 7.33. The fourth-order valence-electron chi connectivity index (χ4n) is 2.92. The number of nitrogens with zero attached hydrogens (tertiary/aromatic N) is 1. The lowest BCUT2D eigenvalue weighted by Crippen LogP contribution is -2.57. The highest BCUT2D eigenvalue weighted by atomic mass is 32.2. The molecule has 0 saturated carbocycles. The highest BCUT2D eigenvalue weighted by Gasteiger charge is 2.55. The molecule has 2 rings (SSSR count). The number of rotatable bonds is 4. The van der Waals surface area contributed by atoms with E-state index in [1.165, 1.54) is 7.11 Å². The summed E-state index contributed by atoms with van der Waals surface area (Å²) in [4.78, 5) is 26.0. The number of carbonyl (C=O) groups is 2. The molecule has 0 aliphatic carbocycles. The first-order chi connectivity index (χ1) is 10.3. The number of amides is 1. The third-order valence-electron chi connectivity index (χ3n) is 3.99. The molecule has 4 nitrogen and oxygen atoms in total. The predicted octanol–water partition coefficient (Wildman–Crippen LogP) is 2.72. The summed E-state index contributed by atoms with van der Waals surface area (Å²) in [6, 6.07) is 9.77. The summed E-state index contributed by atoms with van der Waals surface area (Å²) in [7, 11) is 1.38. The molecule has 1 amide bonds. The van der Waals surface area contributed by atoms with Crippen LogP contribution in [0.1, 0.15) is 26.3 Å². The van der Waals surface area contributed by atoms with Gasteiger partial charge in [0.2, 0.25) is 6.41 Å². The summed E-state index contributed by atoms with van der Waals surface area (Å²) < 4.78 is 5.05. The number of ether oxygens (including phenoxy) is 1. The van der Waals surface area contributed by atoms with Crippen molar-refractivity contribution in [3.63, 3.8) is 0 Å². The summed E-state index contributed by atoms with van der Waals surface area (Å²) in [5.74, 6) is 0.206. The number of benzene rings is 1. The summed E-state index contributed by atoms with van der Waals surface area (Å²) in [5.41, 5.74) is -0.0201. The quantitative estimate of drug-likeness (QED) is 0.632. The van der Waals surface area contributed by atoms with Crippen molar-refractivity contribution in [3.8, 4) is 0 Å². The normalized spacial score (nSPS) is 25.1. The van der Waals surface area contributed by atoms with Gasteiger partial charge in [-0.3, -0.25) is 4.79 Å². The van der Waals surface area contributed by atoms with Crippen LogP contribution in [0.25, 0.3) is 0 Å². The molecule has 1 aliphatic heterocycles. The van der Waals surface area contributed by atoms with Gasteiger partial charge in [0.25, 0.3) is 0 Å². The van der Waals surface area contributed by atoms with Crippen molar-refractivity contribution >= 4 is 24.1 Å². The van der Waals surface area contributed by atoms with E-state index >= 15 is 0 Å². The van der Waals surface area contributed by atoms with Gasteiger partial charge in [0.05, 0.1) is 12.5 Å². The minimum Gasteiger partial charge on any atom is -0.467 e. The van der Waals surface area contributed by atoms with Crippen molar-refractivity contribution in [2.75, 3.05) is 12.9 Å². The Morgan fingerprint density at radius 3 is 2.55 bits per heavy atom. The molecular formula is C17H23NO3S. The van der Waals surface area contributed by atoms with Crippen LogP contribution in [0.3, 0.4) is 0 Å². The van der Waals surface area contributed by atoms with Gasteiger partial charge in [-0.1, -0.05) is 51.1 Å². The van der Waals surface area contributed by atoms with Crippen molar-refractivity contribution in [3.05, 3.63) is 35.9 Å². The Balaban J connectivity index is 2.42. The van der Waals surface area contributed by atoms with Crippen molar-refractivity contribution in [2.24, 2.45) is 5.41 Å². The van der Waals surface area contributed by atoms with Crippen LogP contribution in [0.15, 0.2) is 30.3 Å². The van der Waals surface area contributed by atoms with Gasteiger partial charge in [0.15, 0.2) is 5.54 Å². The highest BCUT2D eigenvalue weighted by molar-refractivity contribution is 8.00. The Labute approximate surface area is 136 Å². The molecule has 5 heteroatoms. The number of carbonyl (C=O) groups excluding carboxylic acids is 2. The van der Waals surface area contributed by atoms with E-state index in [9.17, 15) is 9.59 Å². The summed E-state index contributed by atoms with van der Waals surface area (Å²) >= 11 is 1.65. The average molecular weight is 321 g/mol. The number of methoxy groups -OCH3 is 1. The van der Waals surface area contributed by atoms with E-state index < -0.39 is 5.54 Å². The molecule has 0 unspecified atom stereocenters. The van der Waals surface area contributed by atoms with E-state index in [1.54, 1.807) is 16.7 Å². The maximum atomic E-state index is 12.5. The van der Waals surface area contributed by atoms with E-state index in [0.717, 1.165) is 12.0 Å². The number of esters is 1. The molecule has 1 aromatic rings. The monoisotopic (exact) mass is 321 g/mol. The van der Waals surface area contributed by atoms with Crippen LogP contribution >= 0.6 is 11.8 Å². The zero-order valence-corrected chi connectivity index (χ0v) is 14.4. The predicted molar refractivity (Wildman–Crippen MR) is 88.5 cm³/mol. The van der Waals surface area contributed by atoms with Crippen LogP contribution in [0, 0.1) is 5.41 Å². The summed E-state index contributed by atoms with van der Waals surface area (Å²) in [6.07, 6.45) is 1.27. The molecule has 1 aliphatic rings. The lowest BCUT2D eigenvalue weighted by Gasteiger charge is -2.39. The Hall–Kier alpha value is -1.49. The highest BCUT2D eigenvalue weighted by Crippen LogP contribution is 2.46. The minimum atomic E-state index is -0.930. The molecule has 0 bridgehead atoms. The number of thioether (sulfide) groups is 1. The summed E-state index contributed by atoms with van der Waals surface area (Å²) in [6.45, 7) is 6.24. The second kappa shape index (κ2) is 6.32. The molecule has 1 heterocycles. The van der Waals surface area contributed by atoms with Gasteiger partial charge < -0.3 is 9.64 Å². The van der Waals surface area contributed by atoms with Gasteiger partial charge in [-0.2, -0.15) is 0 Å². The molecule has 1 aromatic carbocycles. The van der Waals surface area contributed by atoms with Gasteiger partial charge in [-0.05, 0) is 11.0 Å². The molecule has 120 valence electrons. The van der Waals surface area contributed by atoms with Crippen LogP contribution < -0.4 is 0 Å². The Kier molecular flexibility index (Phi) is 4.85. The lowest BCUT2D eigenvalue weighted by atomic mass is 9.87. The van der Waals surface area contributed by atoms with Crippen molar-refractivity contribution in [2.45, 2.75) is 38.1 Å². The Bertz CT molecular complexity index is 541. The minimum absolute atomic E-state index is 0.0483. The number of hydrogen-bond acceptors (Lipinski definition) is 4. The third-order valence-corrected chi connectivity index (χ3v) is 5.88. The Morgan fingerprint density at radius 1 is 1.41 bits per heavy atom. The average Bonchev–Trinajstić information content (AvgIpc) is 2.87. The first kappa shape index (κ1) is 16.9. The smallest absolute Gasteiger partial charge is 0.333 e. The zero-order valence-electron chi connectivity index (χ0n) is 13.5. The van der Waals surface area contributed by atoms with Gasteiger partial charge in [0, 0.05) is 12.2 Å². The van der Waals surface area contributed by atoms with Gasteiger partial charge in [-0.25, -0.2) is 4.79 Å². The molecule has 1 saturated heterocycles. The fourth-order valence-corrected chi connectivity index (χ4v) is 4.64. The largest absolute Gasteiger partial charge is 0.467 e. The lowest BCUT2D eigenvalue weighted by molar-refractivity contribution is -0.157. The summed E-state index contributed by atoms with van der Waals surface area (Å²) in [5, 5.41) is -0.0483. The van der Waals surface area contributed by atoms with E-state index in [0.29, 0.717) is 12.2 Å². The number of hydrogen-bond donors (Lipinski definition) is 0. The first-order valence-corrected chi connectivity index (χ1v) is 8.38. The molecule has 0 aromatic heterocycles. The second-order valence-corrected chi connectivity index (χ2v) is 7.80. The van der Waals surface area contributed by atoms with Crippen LogP contribution in [0.5, 0.6) is 0 Å². The molecule has 1 fully saturated rings. The zero-order chi connectivity index (χ0) is 16.4. The van der Waals surface area contributed by atoms with Crippen LogP contribution in [0.2, 0.25) is 0 Å². The Morgan fingerprint density at radius 2 is 2.05 bits per heavy atom. The van der Waals surface area contributed by atoms with Gasteiger partial charge in [0.1, 0.15) is 0 Å². The second-order valence-electron chi connectivity index (χ2n) is 6.73. The van der Waals surface area contributed by atoms with Crippen LogP contribution in [-0.2, 0) is 20.7 Å². The maximum absolute atomic E-state index is 12.5. The molecule has 0 spiro atoms.